The molecule has 0 saturated carbocycles. The molecule has 6 nitrogen and oxygen atoms in total. The standard InChI is InChI=1S/C12H9ClN2O4S/c13-8-5-7(11(17)18)1-2-9(8)19-6-10(16)15-12-14-3-4-20-12/h1-5H,6H2,(H,17,18)(H,14,15,16). The van der Waals surface area contributed by atoms with E-state index in [2.05, 4.69) is 10.3 Å². The summed E-state index contributed by atoms with van der Waals surface area (Å²) < 4.78 is 5.22. The molecule has 20 heavy (non-hydrogen) atoms. The van der Waals surface area contributed by atoms with E-state index in [1.54, 1.807) is 11.6 Å². The molecule has 1 heterocycles. The number of ether oxygens (including phenoxy) is 1. The van der Waals surface area contributed by atoms with Crippen molar-refractivity contribution in [3.05, 3.63) is 40.4 Å². The largest absolute Gasteiger partial charge is 0.482 e. The summed E-state index contributed by atoms with van der Waals surface area (Å²) in [6.45, 7) is -0.244. The number of amides is 1. The van der Waals surface area contributed by atoms with Gasteiger partial charge in [0.25, 0.3) is 5.91 Å². The lowest BCUT2D eigenvalue weighted by Gasteiger charge is -2.08. The number of benzene rings is 1. The van der Waals surface area contributed by atoms with Gasteiger partial charge < -0.3 is 9.84 Å². The van der Waals surface area contributed by atoms with Gasteiger partial charge in [-0.1, -0.05) is 11.6 Å². The molecule has 2 aromatic rings. The Labute approximate surface area is 123 Å². The SMILES string of the molecule is O=C(COc1ccc(C(=O)O)cc1Cl)Nc1nccs1. The van der Waals surface area contributed by atoms with E-state index in [-0.39, 0.29) is 28.8 Å². The number of aromatic carboxylic acids is 1. The summed E-state index contributed by atoms with van der Waals surface area (Å²) in [7, 11) is 0. The number of nitrogens with one attached hydrogen (secondary N) is 1. The molecule has 0 radical (unpaired) electrons. The fourth-order valence-corrected chi connectivity index (χ4v) is 2.11. The molecule has 0 unspecified atom stereocenters. The minimum absolute atomic E-state index is 0.0505. The van der Waals surface area contributed by atoms with Gasteiger partial charge in [0.15, 0.2) is 11.7 Å². The van der Waals surface area contributed by atoms with Crippen molar-refractivity contribution in [2.24, 2.45) is 0 Å². The molecule has 0 bridgehead atoms. The van der Waals surface area contributed by atoms with Crippen molar-refractivity contribution in [2.45, 2.75) is 0 Å². The van der Waals surface area contributed by atoms with Crippen LogP contribution in [-0.4, -0.2) is 28.6 Å². The van der Waals surface area contributed by atoms with Crippen molar-refractivity contribution < 1.29 is 19.4 Å². The van der Waals surface area contributed by atoms with Gasteiger partial charge in [-0.15, -0.1) is 11.3 Å². The number of hydrogen-bond acceptors (Lipinski definition) is 5. The van der Waals surface area contributed by atoms with Gasteiger partial charge in [0.05, 0.1) is 10.6 Å². The predicted octanol–water partition coefficient (Wildman–Crippen LogP) is 2.51. The molecule has 0 aliphatic rings. The van der Waals surface area contributed by atoms with Crippen molar-refractivity contribution >= 4 is 39.9 Å². The average Bonchev–Trinajstić information content (AvgIpc) is 2.90. The lowest BCUT2D eigenvalue weighted by Crippen LogP contribution is -2.20. The van der Waals surface area contributed by atoms with Crippen LogP contribution in [0.5, 0.6) is 5.75 Å². The van der Waals surface area contributed by atoms with Crippen LogP contribution in [0, 0.1) is 0 Å². The molecule has 0 spiro atoms. The number of carbonyl (C=O) groups excluding carboxylic acids is 1. The highest BCUT2D eigenvalue weighted by Gasteiger charge is 2.10. The molecule has 1 aromatic heterocycles. The molecule has 0 fully saturated rings. The summed E-state index contributed by atoms with van der Waals surface area (Å²) in [5.41, 5.74) is 0.0505. The van der Waals surface area contributed by atoms with Gasteiger partial charge in [-0.2, -0.15) is 0 Å². The molecule has 2 N–H and O–H groups in total. The van der Waals surface area contributed by atoms with E-state index in [4.69, 9.17) is 21.4 Å². The number of thiazole rings is 1. The van der Waals surface area contributed by atoms with E-state index < -0.39 is 5.97 Å². The van der Waals surface area contributed by atoms with Gasteiger partial charge in [-0.25, -0.2) is 9.78 Å². The second-order valence-electron chi connectivity index (χ2n) is 3.62. The molecule has 0 saturated heterocycles. The van der Waals surface area contributed by atoms with E-state index >= 15 is 0 Å². The Balaban J connectivity index is 1.93. The molecular weight excluding hydrogens is 304 g/mol. The van der Waals surface area contributed by atoms with Gasteiger partial charge in [0.2, 0.25) is 0 Å². The van der Waals surface area contributed by atoms with Crippen molar-refractivity contribution in [1.82, 2.24) is 4.98 Å². The third-order valence-corrected chi connectivity index (χ3v) is 3.20. The minimum Gasteiger partial charge on any atom is -0.482 e. The first-order chi connectivity index (χ1) is 9.56. The smallest absolute Gasteiger partial charge is 0.335 e. The van der Waals surface area contributed by atoms with Crippen LogP contribution in [0.2, 0.25) is 5.02 Å². The van der Waals surface area contributed by atoms with Crippen LogP contribution in [0.1, 0.15) is 10.4 Å². The lowest BCUT2D eigenvalue weighted by atomic mass is 10.2. The lowest BCUT2D eigenvalue weighted by molar-refractivity contribution is -0.118. The van der Waals surface area contributed by atoms with Gasteiger partial charge in [-0.05, 0) is 18.2 Å². The third-order valence-electron chi connectivity index (χ3n) is 2.22. The van der Waals surface area contributed by atoms with E-state index in [0.717, 1.165) is 0 Å². The summed E-state index contributed by atoms with van der Waals surface area (Å²) in [5.74, 6) is -1.22. The molecule has 1 aromatic carbocycles. The van der Waals surface area contributed by atoms with Gasteiger partial charge in [0, 0.05) is 11.6 Å². The van der Waals surface area contributed by atoms with Crippen molar-refractivity contribution in [1.29, 1.82) is 0 Å². The number of nitrogens with zero attached hydrogens (tertiary/aromatic N) is 1. The maximum Gasteiger partial charge on any atom is 0.335 e. The highest BCUT2D eigenvalue weighted by molar-refractivity contribution is 7.13. The van der Waals surface area contributed by atoms with Crippen molar-refractivity contribution in [3.63, 3.8) is 0 Å². The van der Waals surface area contributed by atoms with Crippen molar-refractivity contribution in [2.75, 3.05) is 11.9 Å². The molecule has 1 amide bonds. The maximum absolute atomic E-state index is 11.6. The first-order valence-corrected chi connectivity index (χ1v) is 6.67. The van der Waals surface area contributed by atoms with Gasteiger partial charge >= 0.3 is 5.97 Å². The van der Waals surface area contributed by atoms with Crippen LogP contribution >= 0.6 is 22.9 Å². The molecule has 2 rings (SSSR count). The molecule has 104 valence electrons. The van der Waals surface area contributed by atoms with Crippen LogP contribution in [0.15, 0.2) is 29.8 Å². The fourth-order valence-electron chi connectivity index (χ4n) is 1.33. The highest BCUT2D eigenvalue weighted by Crippen LogP contribution is 2.25. The normalized spacial score (nSPS) is 10.1. The van der Waals surface area contributed by atoms with E-state index in [0.29, 0.717) is 5.13 Å². The molecule has 0 aliphatic heterocycles. The number of halogens is 1. The van der Waals surface area contributed by atoms with Gasteiger partial charge in [-0.3, -0.25) is 10.1 Å². The van der Waals surface area contributed by atoms with Crippen LogP contribution in [0.3, 0.4) is 0 Å². The summed E-state index contributed by atoms with van der Waals surface area (Å²) in [6, 6.07) is 4.02. The second-order valence-corrected chi connectivity index (χ2v) is 4.93. The Kier molecular flexibility index (Phi) is 4.54. The Morgan fingerprint density at radius 3 is 2.85 bits per heavy atom. The predicted molar refractivity (Wildman–Crippen MR) is 74.7 cm³/mol. The molecular formula is C12H9ClN2O4S. The van der Waals surface area contributed by atoms with Crippen molar-refractivity contribution in [3.8, 4) is 5.75 Å². The number of carbonyl (C=O) groups is 2. The second kappa shape index (κ2) is 6.36. The van der Waals surface area contributed by atoms with E-state index in [1.807, 2.05) is 0 Å². The van der Waals surface area contributed by atoms with E-state index in [1.165, 1.54) is 29.5 Å². The Bertz CT molecular complexity index is 630. The maximum atomic E-state index is 11.6. The number of anilines is 1. The zero-order valence-corrected chi connectivity index (χ0v) is 11.6. The summed E-state index contributed by atoms with van der Waals surface area (Å²) in [4.78, 5) is 26.2. The molecule has 0 atom stereocenters. The fraction of sp³-hybridized carbons (Fsp3) is 0.0833. The number of carboxylic acid groups (broad SMARTS) is 1. The van der Waals surface area contributed by atoms with Crippen LogP contribution in [-0.2, 0) is 4.79 Å². The first kappa shape index (κ1) is 14.3. The monoisotopic (exact) mass is 312 g/mol. The van der Waals surface area contributed by atoms with E-state index in [9.17, 15) is 9.59 Å². The third kappa shape index (κ3) is 3.69. The number of carboxylic acids is 1. The zero-order chi connectivity index (χ0) is 14.5. The molecule has 8 heteroatoms. The minimum atomic E-state index is -1.08. The van der Waals surface area contributed by atoms with Crippen LogP contribution in [0.25, 0.3) is 0 Å². The quantitative estimate of drug-likeness (QED) is 0.885. The topological polar surface area (TPSA) is 88.5 Å². The zero-order valence-electron chi connectivity index (χ0n) is 10.00. The Hall–Kier alpha value is -2.12. The molecule has 0 aliphatic carbocycles. The highest BCUT2D eigenvalue weighted by atomic mass is 35.5. The van der Waals surface area contributed by atoms with Gasteiger partial charge in [0.1, 0.15) is 5.75 Å². The number of rotatable bonds is 5. The number of hydrogen-bond donors (Lipinski definition) is 2. The Morgan fingerprint density at radius 1 is 1.45 bits per heavy atom. The number of aromatic nitrogens is 1. The summed E-state index contributed by atoms with van der Waals surface area (Å²) >= 11 is 7.16. The Morgan fingerprint density at radius 2 is 2.25 bits per heavy atom. The average molecular weight is 313 g/mol. The van der Waals surface area contributed by atoms with Crippen LogP contribution in [0.4, 0.5) is 5.13 Å². The first-order valence-electron chi connectivity index (χ1n) is 5.41. The van der Waals surface area contributed by atoms with Crippen LogP contribution < -0.4 is 10.1 Å². The summed E-state index contributed by atoms with van der Waals surface area (Å²) in [5, 5.41) is 13.7. The summed E-state index contributed by atoms with van der Waals surface area (Å²) in [6.07, 6.45) is 1.57.